The monoisotopic (exact) mass is 260 g/mol. The smallest absolute Gasteiger partial charge is 0.213 e. The summed E-state index contributed by atoms with van der Waals surface area (Å²) in [4.78, 5) is 0. The van der Waals surface area contributed by atoms with E-state index in [0.717, 1.165) is 18.7 Å². The highest BCUT2D eigenvalue weighted by molar-refractivity contribution is 7.89. The highest BCUT2D eigenvalue weighted by atomic mass is 32.2. The fourth-order valence-electron chi connectivity index (χ4n) is 1.34. The molecule has 5 nitrogen and oxygen atoms in total. The van der Waals surface area contributed by atoms with Crippen molar-refractivity contribution in [3.8, 4) is 0 Å². The van der Waals surface area contributed by atoms with E-state index in [1.165, 1.54) is 0 Å². The molecule has 2 N–H and O–H groups in total. The standard InChI is InChI=1S/C11H20N2O3S/c1-3-6-12-7-8-17(14,15)13-9-11-5-4-10(2)16-11/h4-5,12-13H,3,6-9H2,1-2H3. The fourth-order valence-corrected chi connectivity index (χ4v) is 2.26. The van der Waals surface area contributed by atoms with Crippen LogP contribution in [0.5, 0.6) is 0 Å². The third-order valence-electron chi connectivity index (χ3n) is 2.24. The van der Waals surface area contributed by atoms with Crippen LogP contribution < -0.4 is 10.0 Å². The highest BCUT2D eigenvalue weighted by Gasteiger charge is 2.10. The van der Waals surface area contributed by atoms with Gasteiger partial charge in [-0.1, -0.05) is 6.92 Å². The molecular formula is C11H20N2O3S. The Labute approximate surface area is 103 Å². The molecule has 0 bridgehead atoms. The predicted molar refractivity (Wildman–Crippen MR) is 67.2 cm³/mol. The van der Waals surface area contributed by atoms with Crippen LogP contribution >= 0.6 is 0 Å². The SMILES string of the molecule is CCCNCCS(=O)(=O)NCc1ccc(C)o1. The number of furan rings is 1. The average molecular weight is 260 g/mol. The molecule has 0 atom stereocenters. The molecule has 1 aromatic rings. The molecule has 0 unspecified atom stereocenters. The van der Waals surface area contributed by atoms with Gasteiger partial charge in [0.1, 0.15) is 11.5 Å². The molecule has 1 rings (SSSR count). The van der Waals surface area contributed by atoms with Gasteiger partial charge in [0.05, 0.1) is 12.3 Å². The zero-order chi connectivity index (χ0) is 12.7. The second-order valence-electron chi connectivity index (χ2n) is 3.90. The van der Waals surface area contributed by atoms with Crippen LogP contribution in [0.3, 0.4) is 0 Å². The van der Waals surface area contributed by atoms with Crippen LogP contribution in [0.4, 0.5) is 0 Å². The van der Waals surface area contributed by atoms with E-state index < -0.39 is 10.0 Å². The van der Waals surface area contributed by atoms with Crippen molar-refractivity contribution < 1.29 is 12.8 Å². The molecule has 0 aliphatic rings. The summed E-state index contributed by atoms with van der Waals surface area (Å²) in [5.74, 6) is 1.50. The molecule has 0 amide bonds. The normalized spacial score (nSPS) is 11.9. The summed E-state index contributed by atoms with van der Waals surface area (Å²) in [5.41, 5.74) is 0. The van der Waals surface area contributed by atoms with E-state index in [9.17, 15) is 8.42 Å². The Balaban J connectivity index is 2.29. The van der Waals surface area contributed by atoms with Gasteiger partial charge in [0, 0.05) is 6.54 Å². The Bertz CT molecular complexity index is 426. The molecule has 0 saturated heterocycles. The number of hydrogen-bond donors (Lipinski definition) is 2. The largest absolute Gasteiger partial charge is 0.465 e. The molecule has 1 aromatic heterocycles. The van der Waals surface area contributed by atoms with Crippen molar-refractivity contribution in [1.29, 1.82) is 0 Å². The van der Waals surface area contributed by atoms with E-state index >= 15 is 0 Å². The number of nitrogens with one attached hydrogen (secondary N) is 2. The summed E-state index contributed by atoms with van der Waals surface area (Å²) in [6.45, 7) is 5.39. The van der Waals surface area contributed by atoms with Gasteiger partial charge in [0.25, 0.3) is 0 Å². The number of rotatable bonds is 8. The Hall–Kier alpha value is -0.850. The lowest BCUT2D eigenvalue weighted by Gasteiger charge is -2.06. The maximum Gasteiger partial charge on any atom is 0.213 e. The maximum atomic E-state index is 11.6. The predicted octanol–water partition coefficient (Wildman–Crippen LogP) is 1.01. The molecule has 0 aromatic carbocycles. The summed E-state index contributed by atoms with van der Waals surface area (Å²) in [6.07, 6.45) is 0.999. The van der Waals surface area contributed by atoms with Gasteiger partial charge in [-0.2, -0.15) is 0 Å². The van der Waals surface area contributed by atoms with Crippen LogP contribution in [0.15, 0.2) is 16.5 Å². The lowest BCUT2D eigenvalue weighted by molar-refractivity contribution is 0.475. The summed E-state index contributed by atoms with van der Waals surface area (Å²) < 4.78 is 30.9. The molecule has 98 valence electrons. The third kappa shape index (κ3) is 5.86. The second-order valence-corrected chi connectivity index (χ2v) is 5.83. The van der Waals surface area contributed by atoms with E-state index in [1.807, 2.05) is 19.9 Å². The molecule has 0 aliphatic heterocycles. The molecule has 0 spiro atoms. The van der Waals surface area contributed by atoms with Crippen molar-refractivity contribution in [2.45, 2.75) is 26.8 Å². The van der Waals surface area contributed by atoms with Gasteiger partial charge >= 0.3 is 0 Å². The van der Waals surface area contributed by atoms with Gasteiger partial charge in [-0.3, -0.25) is 0 Å². The third-order valence-corrected chi connectivity index (χ3v) is 3.56. The molecule has 1 heterocycles. The van der Waals surface area contributed by atoms with Crippen molar-refractivity contribution in [2.24, 2.45) is 0 Å². The molecule has 0 fully saturated rings. The van der Waals surface area contributed by atoms with Crippen molar-refractivity contribution in [3.63, 3.8) is 0 Å². The van der Waals surface area contributed by atoms with Crippen molar-refractivity contribution >= 4 is 10.0 Å². The van der Waals surface area contributed by atoms with E-state index in [4.69, 9.17) is 4.42 Å². The Kier molecular flexibility index (Phi) is 5.67. The minimum atomic E-state index is -3.22. The molecule has 0 aliphatic carbocycles. The van der Waals surface area contributed by atoms with Crippen LogP contribution in [-0.2, 0) is 16.6 Å². The Morgan fingerprint density at radius 2 is 2.06 bits per heavy atom. The first kappa shape index (κ1) is 14.2. The Morgan fingerprint density at radius 3 is 2.65 bits per heavy atom. The van der Waals surface area contributed by atoms with E-state index in [2.05, 4.69) is 10.0 Å². The minimum absolute atomic E-state index is 0.0900. The van der Waals surface area contributed by atoms with Gasteiger partial charge in [-0.05, 0) is 32.0 Å². The van der Waals surface area contributed by atoms with Gasteiger partial charge in [-0.25, -0.2) is 13.1 Å². The summed E-state index contributed by atoms with van der Waals surface area (Å²) in [7, 11) is -3.22. The van der Waals surface area contributed by atoms with Crippen LogP contribution in [0.1, 0.15) is 24.9 Å². The molecular weight excluding hydrogens is 240 g/mol. The van der Waals surface area contributed by atoms with Gasteiger partial charge in [0.2, 0.25) is 10.0 Å². The molecule has 17 heavy (non-hydrogen) atoms. The topological polar surface area (TPSA) is 71.3 Å². The van der Waals surface area contributed by atoms with Crippen molar-refractivity contribution in [3.05, 3.63) is 23.7 Å². The minimum Gasteiger partial charge on any atom is -0.465 e. The zero-order valence-corrected chi connectivity index (χ0v) is 11.1. The number of aryl methyl sites for hydroxylation is 1. The van der Waals surface area contributed by atoms with Crippen LogP contribution in [0, 0.1) is 6.92 Å². The number of hydrogen-bond acceptors (Lipinski definition) is 4. The van der Waals surface area contributed by atoms with Crippen molar-refractivity contribution in [1.82, 2.24) is 10.0 Å². The van der Waals surface area contributed by atoms with E-state index in [1.54, 1.807) is 6.07 Å². The summed E-state index contributed by atoms with van der Waals surface area (Å²) >= 11 is 0. The first-order valence-electron chi connectivity index (χ1n) is 5.77. The fraction of sp³-hybridized carbons (Fsp3) is 0.636. The van der Waals surface area contributed by atoms with Gasteiger partial charge < -0.3 is 9.73 Å². The molecule has 0 radical (unpaired) electrons. The second kappa shape index (κ2) is 6.78. The van der Waals surface area contributed by atoms with E-state index in [0.29, 0.717) is 12.3 Å². The molecule has 6 heteroatoms. The zero-order valence-electron chi connectivity index (χ0n) is 10.3. The van der Waals surface area contributed by atoms with Crippen LogP contribution in [0.25, 0.3) is 0 Å². The van der Waals surface area contributed by atoms with Crippen LogP contribution in [0.2, 0.25) is 0 Å². The molecule has 0 saturated carbocycles. The maximum absolute atomic E-state index is 11.6. The lowest BCUT2D eigenvalue weighted by Crippen LogP contribution is -2.31. The summed E-state index contributed by atoms with van der Waals surface area (Å²) in [6, 6.07) is 3.58. The Morgan fingerprint density at radius 1 is 1.29 bits per heavy atom. The van der Waals surface area contributed by atoms with Crippen molar-refractivity contribution in [2.75, 3.05) is 18.8 Å². The first-order chi connectivity index (χ1) is 8.03. The quantitative estimate of drug-likeness (QED) is 0.684. The average Bonchev–Trinajstić information content (AvgIpc) is 2.68. The summed E-state index contributed by atoms with van der Waals surface area (Å²) in [5, 5.41) is 3.05. The number of sulfonamides is 1. The van der Waals surface area contributed by atoms with Crippen LogP contribution in [-0.4, -0.2) is 27.3 Å². The van der Waals surface area contributed by atoms with Gasteiger partial charge in [-0.15, -0.1) is 0 Å². The highest BCUT2D eigenvalue weighted by Crippen LogP contribution is 2.05. The first-order valence-corrected chi connectivity index (χ1v) is 7.42. The van der Waals surface area contributed by atoms with E-state index in [-0.39, 0.29) is 12.3 Å². The lowest BCUT2D eigenvalue weighted by atomic mass is 10.4. The van der Waals surface area contributed by atoms with Gasteiger partial charge in [0.15, 0.2) is 0 Å².